The molecule has 20 heavy (non-hydrogen) atoms. The smallest absolute Gasteiger partial charge is 0.154 e. The molecule has 0 aliphatic carbocycles. The Morgan fingerprint density at radius 2 is 1.05 bits per heavy atom. The Morgan fingerprint density at radius 1 is 0.750 bits per heavy atom. The molecule has 4 nitrogen and oxygen atoms in total. The Hall–Kier alpha value is -2.36. The molecule has 1 rings (SSSR count). The van der Waals surface area contributed by atoms with Crippen LogP contribution in [0.2, 0.25) is 0 Å². The third kappa shape index (κ3) is 6.00. The molecule has 1 aromatic rings. The molecule has 0 amide bonds. The van der Waals surface area contributed by atoms with Gasteiger partial charge in [0.05, 0.1) is 0 Å². The first kappa shape index (κ1) is 15.7. The van der Waals surface area contributed by atoms with Gasteiger partial charge in [-0.1, -0.05) is 0 Å². The summed E-state index contributed by atoms with van der Waals surface area (Å²) in [5.74, 6) is 0.0246. The van der Waals surface area contributed by atoms with Gasteiger partial charge in [-0.05, 0) is 64.1 Å². The SMILES string of the molecule is CC(=O)/C=C(/C)Nc1ccc(N/C(C)=C/C(C)=O)cc1. The van der Waals surface area contributed by atoms with E-state index in [0.717, 1.165) is 22.8 Å². The van der Waals surface area contributed by atoms with Gasteiger partial charge in [-0.2, -0.15) is 0 Å². The Labute approximate surface area is 119 Å². The van der Waals surface area contributed by atoms with Crippen LogP contribution in [0.15, 0.2) is 47.8 Å². The molecule has 0 aromatic heterocycles. The Balaban J connectivity index is 2.70. The summed E-state index contributed by atoms with van der Waals surface area (Å²) in [6.07, 6.45) is 3.10. The fourth-order valence-electron chi connectivity index (χ4n) is 1.77. The number of carbonyl (C=O) groups is 2. The second kappa shape index (κ2) is 7.28. The molecule has 0 aliphatic rings. The molecule has 0 spiro atoms. The number of nitrogens with one attached hydrogen (secondary N) is 2. The Morgan fingerprint density at radius 3 is 1.30 bits per heavy atom. The van der Waals surface area contributed by atoms with Crippen LogP contribution in [0.3, 0.4) is 0 Å². The topological polar surface area (TPSA) is 58.2 Å². The number of anilines is 2. The molecule has 0 saturated heterocycles. The van der Waals surface area contributed by atoms with Crippen LogP contribution in [0.5, 0.6) is 0 Å². The van der Waals surface area contributed by atoms with Gasteiger partial charge < -0.3 is 10.6 Å². The highest BCUT2D eigenvalue weighted by atomic mass is 16.1. The summed E-state index contributed by atoms with van der Waals surface area (Å²) in [5, 5.41) is 6.26. The number of benzene rings is 1. The normalized spacial score (nSPS) is 12.0. The lowest BCUT2D eigenvalue weighted by Gasteiger charge is -2.09. The van der Waals surface area contributed by atoms with E-state index < -0.39 is 0 Å². The van der Waals surface area contributed by atoms with E-state index in [-0.39, 0.29) is 11.6 Å². The van der Waals surface area contributed by atoms with E-state index in [4.69, 9.17) is 0 Å². The lowest BCUT2D eigenvalue weighted by molar-refractivity contribution is -0.113. The van der Waals surface area contributed by atoms with Crippen LogP contribution in [-0.2, 0) is 9.59 Å². The van der Waals surface area contributed by atoms with E-state index in [0.29, 0.717) is 0 Å². The van der Waals surface area contributed by atoms with Gasteiger partial charge in [0.1, 0.15) is 0 Å². The highest BCUT2D eigenvalue weighted by molar-refractivity contribution is 5.88. The van der Waals surface area contributed by atoms with Crippen LogP contribution in [-0.4, -0.2) is 11.6 Å². The van der Waals surface area contributed by atoms with Gasteiger partial charge in [-0.15, -0.1) is 0 Å². The van der Waals surface area contributed by atoms with Crippen molar-refractivity contribution in [2.75, 3.05) is 10.6 Å². The molecule has 4 heteroatoms. The molecular formula is C16H20N2O2. The highest BCUT2D eigenvalue weighted by Crippen LogP contribution is 2.16. The van der Waals surface area contributed by atoms with Gasteiger partial charge in [0.15, 0.2) is 11.6 Å². The van der Waals surface area contributed by atoms with Crippen molar-refractivity contribution in [2.45, 2.75) is 27.7 Å². The molecule has 0 bridgehead atoms. The average molecular weight is 272 g/mol. The van der Waals surface area contributed by atoms with E-state index in [1.807, 2.05) is 38.1 Å². The van der Waals surface area contributed by atoms with Crippen LogP contribution < -0.4 is 10.6 Å². The minimum absolute atomic E-state index is 0.0123. The zero-order valence-corrected chi connectivity index (χ0v) is 12.3. The standard InChI is InChI=1S/C16H20N2O2/c1-11(9-13(3)19)17-15-5-7-16(8-6-15)18-12(2)10-14(4)20/h5-10,17-18H,1-4H3/b11-9-,12-10+. The first-order valence-electron chi connectivity index (χ1n) is 6.38. The first-order valence-corrected chi connectivity index (χ1v) is 6.38. The monoisotopic (exact) mass is 272 g/mol. The quantitative estimate of drug-likeness (QED) is 0.778. The fraction of sp³-hybridized carbons (Fsp3) is 0.250. The highest BCUT2D eigenvalue weighted by Gasteiger charge is 1.97. The third-order valence-electron chi connectivity index (χ3n) is 2.41. The summed E-state index contributed by atoms with van der Waals surface area (Å²) in [6.45, 7) is 6.71. The van der Waals surface area contributed by atoms with Gasteiger partial charge in [0.25, 0.3) is 0 Å². The molecule has 106 valence electrons. The molecule has 0 saturated carbocycles. The van der Waals surface area contributed by atoms with E-state index in [1.54, 1.807) is 12.2 Å². The summed E-state index contributed by atoms with van der Waals surface area (Å²) >= 11 is 0. The molecule has 0 atom stereocenters. The van der Waals surface area contributed by atoms with E-state index in [9.17, 15) is 9.59 Å². The number of rotatable bonds is 6. The van der Waals surface area contributed by atoms with Gasteiger partial charge >= 0.3 is 0 Å². The lowest BCUT2D eigenvalue weighted by atomic mass is 10.2. The van der Waals surface area contributed by atoms with Crippen LogP contribution in [0.1, 0.15) is 27.7 Å². The number of allylic oxidation sites excluding steroid dienone is 4. The molecular weight excluding hydrogens is 252 g/mol. The van der Waals surface area contributed by atoms with Gasteiger partial charge in [-0.3, -0.25) is 9.59 Å². The van der Waals surface area contributed by atoms with Crippen LogP contribution in [0.4, 0.5) is 11.4 Å². The Bertz CT molecular complexity index is 503. The summed E-state index contributed by atoms with van der Waals surface area (Å²) in [5.41, 5.74) is 3.40. The third-order valence-corrected chi connectivity index (χ3v) is 2.41. The minimum Gasteiger partial charge on any atom is -0.359 e. The number of ketones is 2. The maximum Gasteiger partial charge on any atom is 0.154 e. The number of hydrogen-bond donors (Lipinski definition) is 2. The van der Waals surface area contributed by atoms with Gasteiger partial charge in [0, 0.05) is 22.8 Å². The zero-order chi connectivity index (χ0) is 15.1. The molecule has 0 fully saturated rings. The Kier molecular flexibility index (Phi) is 5.72. The van der Waals surface area contributed by atoms with E-state index in [2.05, 4.69) is 10.6 Å². The van der Waals surface area contributed by atoms with Crippen molar-refractivity contribution in [3.05, 3.63) is 47.8 Å². The average Bonchev–Trinajstić information content (AvgIpc) is 2.29. The predicted molar refractivity (Wildman–Crippen MR) is 82.6 cm³/mol. The maximum absolute atomic E-state index is 10.9. The van der Waals surface area contributed by atoms with Crippen molar-refractivity contribution in [1.29, 1.82) is 0 Å². The van der Waals surface area contributed by atoms with Gasteiger partial charge in [-0.25, -0.2) is 0 Å². The first-order chi connectivity index (χ1) is 9.36. The van der Waals surface area contributed by atoms with Gasteiger partial charge in [0.2, 0.25) is 0 Å². The van der Waals surface area contributed by atoms with Crippen LogP contribution >= 0.6 is 0 Å². The molecule has 0 aliphatic heterocycles. The van der Waals surface area contributed by atoms with Crippen molar-refractivity contribution in [3.63, 3.8) is 0 Å². The molecule has 0 heterocycles. The van der Waals surface area contributed by atoms with Crippen LogP contribution in [0.25, 0.3) is 0 Å². The fourth-order valence-corrected chi connectivity index (χ4v) is 1.77. The minimum atomic E-state index is 0.0123. The van der Waals surface area contributed by atoms with Crippen molar-refractivity contribution >= 4 is 22.9 Å². The summed E-state index contributed by atoms with van der Waals surface area (Å²) in [7, 11) is 0. The summed E-state index contributed by atoms with van der Waals surface area (Å²) in [4.78, 5) is 21.9. The van der Waals surface area contributed by atoms with Crippen molar-refractivity contribution in [1.82, 2.24) is 0 Å². The molecule has 0 radical (unpaired) electrons. The predicted octanol–water partition coefficient (Wildman–Crippen LogP) is 3.50. The molecule has 2 N–H and O–H groups in total. The zero-order valence-electron chi connectivity index (χ0n) is 12.3. The van der Waals surface area contributed by atoms with Crippen molar-refractivity contribution < 1.29 is 9.59 Å². The van der Waals surface area contributed by atoms with Crippen molar-refractivity contribution in [2.24, 2.45) is 0 Å². The second-order valence-corrected chi connectivity index (χ2v) is 4.70. The van der Waals surface area contributed by atoms with E-state index in [1.165, 1.54) is 13.8 Å². The number of carbonyl (C=O) groups excluding carboxylic acids is 2. The van der Waals surface area contributed by atoms with E-state index >= 15 is 0 Å². The molecule has 1 aromatic carbocycles. The summed E-state index contributed by atoms with van der Waals surface area (Å²) < 4.78 is 0. The van der Waals surface area contributed by atoms with Crippen LogP contribution in [0, 0.1) is 0 Å². The van der Waals surface area contributed by atoms with Crippen molar-refractivity contribution in [3.8, 4) is 0 Å². The second-order valence-electron chi connectivity index (χ2n) is 4.70. The maximum atomic E-state index is 10.9. The molecule has 0 unspecified atom stereocenters. The summed E-state index contributed by atoms with van der Waals surface area (Å²) in [6, 6.07) is 7.61. The number of hydrogen-bond acceptors (Lipinski definition) is 4. The largest absolute Gasteiger partial charge is 0.359 e. The lowest BCUT2D eigenvalue weighted by Crippen LogP contribution is -2.00.